The van der Waals surface area contributed by atoms with Crippen LogP contribution in [0.2, 0.25) is 0 Å². The first-order valence-corrected chi connectivity index (χ1v) is 7.76. The summed E-state index contributed by atoms with van der Waals surface area (Å²) in [6.45, 7) is 1.34. The molecule has 0 bridgehead atoms. The van der Waals surface area contributed by atoms with Gasteiger partial charge in [-0.3, -0.25) is 9.69 Å². The minimum Gasteiger partial charge on any atom is -0.454 e. The summed E-state index contributed by atoms with van der Waals surface area (Å²) in [6.07, 6.45) is 9.50. The van der Waals surface area contributed by atoms with E-state index in [1.807, 2.05) is 0 Å². The van der Waals surface area contributed by atoms with Gasteiger partial charge in [0.2, 0.25) is 6.79 Å². The highest BCUT2D eigenvalue weighted by atomic mass is 35.5. The van der Waals surface area contributed by atoms with Crippen LogP contribution >= 0.6 is 12.4 Å². The number of carbonyl (C=O) groups excluding carboxylic acids is 1. The van der Waals surface area contributed by atoms with Crippen molar-refractivity contribution in [2.45, 2.75) is 24.3 Å². The zero-order valence-electron chi connectivity index (χ0n) is 12.9. The summed E-state index contributed by atoms with van der Waals surface area (Å²) in [6, 6.07) is 2.54. The van der Waals surface area contributed by atoms with Crippen molar-refractivity contribution in [1.29, 1.82) is 0 Å². The first kappa shape index (κ1) is 14.8. The minimum absolute atomic E-state index is 0. The zero-order valence-corrected chi connectivity index (χ0v) is 13.7. The van der Waals surface area contributed by atoms with Crippen LogP contribution in [0.25, 0.3) is 0 Å². The Morgan fingerprint density at radius 3 is 2.83 bits per heavy atom. The molecule has 0 N–H and O–H groups in total. The zero-order chi connectivity index (χ0) is 14.9. The van der Waals surface area contributed by atoms with Crippen LogP contribution in [-0.4, -0.2) is 31.1 Å². The second-order valence-corrected chi connectivity index (χ2v) is 6.62. The normalized spacial score (nSPS) is 25.6. The molecule has 0 radical (unpaired) electrons. The van der Waals surface area contributed by atoms with E-state index in [1.165, 1.54) is 16.7 Å². The molecule has 0 fully saturated rings. The van der Waals surface area contributed by atoms with Gasteiger partial charge in [-0.25, -0.2) is 0 Å². The maximum atomic E-state index is 11.6. The molecule has 2 heterocycles. The molecule has 0 aromatic heterocycles. The first-order valence-electron chi connectivity index (χ1n) is 7.76. The summed E-state index contributed by atoms with van der Waals surface area (Å²) in [4.78, 5) is 14.0. The van der Waals surface area contributed by atoms with Crippen LogP contribution in [0.3, 0.4) is 0 Å². The highest BCUT2D eigenvalue weighted by Gasteiger charge is 2.49. The van der Waals surface area contributed by atoms with Crippen molar-refractivity contribution in [1.82, 2.24) is 4.90 Å². The van der Waals surface area contributed by atoms with Gasteiger partial charge in [-0.1, -0.05) is 12.2 Å². The largest absolute Gasteiger partial charge is 0.454 e. The third-order valence-electron chi connectivity index (χ3n) is 5.47. The van der Waals surface area contributed by atoms with Gasteiger partial charge in [0.1, 0.15) is 0 Å². The Balaban J connectivity index is 0.00000135. The lowest BCUT2D eigenvalue weighted by molar-refractivity contribution is -0.110. The molecule has 4 aliphatic rings. The fraction of sp³-hybridized carbons (Fsp3) is 0.389. The minimum atomic E-state index is -0.236. The van der Waals surface area contributed by atoms with Gasteiger partial charge in [0, 0.05) is 23.6 Å². The lowest BCUT2D eigenvalue weighted by atomic mass is 9.77. The number of halogens is 1. The van der Waals surface area contributed by atoms with Gasteiger partial charge in [-0.15, -0.1) is 12.4 Å². The number of nitrogens with zero attached hydrogens (tertiary/aromatic N) is 1. The molecule has 0 unspecified atom stereocenters. The van der Waals surface area contributed by atoms with E-state index in [-0.39, 0.29) is 30.4 Å². The SMILES string of the molecule is CN1CCc2cc3c(c4c2[C@@H]1CC41C=CC(=O)C=C1)OCO3.Cl. The van der Waals surface area contributed by atoms with Gasteiger partial charge in [-0.05, 0) is 49.2 Å². The fourth-order valence-corrected chi connectivity index (χ4v) is 4.39. The molecule has 0 saturated carbocycles. The molecule has 1 atom stereocenters. The number of hydrogen-bond acceptors (Lipinski definition) is 4. The smallest absolute Gasteiger partial charge is 0.231 e. The summed E-state index contributed by atoms with van der Waals surface area (Å²) in [5.41, 5.74) is 3.74. The van der Waals surface area contributed by atoms with E-state index in [4.69, 9.17) is 9.47 Å². The number of benzene rings is 1. The highest BCUT2D eigenvalue weighted by molar-refractivity contribution is 6.01. The van der Waals surface area contributed by atoms with Crippen molar-refractivity contribution in [3.8, 4) is 11.5 Å². The Hall–Kier alpha value is -1.78. The van der Waals surface area contributed by atoms with Gasteiger partial charge < -0.3 is 9.47 Å². The van der Waals surface area contributed by atoms with Crippen LogP contribution in [-0.2, 0) is 16.6 Å². The van der Waals surface area contributed by atoms with Crippen molar-refractivity contribution < 1.29 is 14.3 Å². The molecule has 5 heteroatoms. The number of likely N-dealkylation sites (N-methyl/N-ethyl adjacent to an activating group) is 1. The number of ketones is 1. The van der Waals surface area contributed by atoms with E-state index in [0.29, 0.717) is 6.04 Å². The molecule has 5 rings (SSSR count). The van der Waals surface area contributed by atoms with Gasteiger partial charge in [-0.2, -0.15) is 0 Å². The van der Waals surface area contributed by atoms with Gasteiger partial charge in [0.05, 0.1) is 0 Å². The predicted octanol–water partition coefficient (Wildman–Crippen LogP) is 2.70. The summed E-state index contributed by atoms with van der Waals surface area (Å²) in [7, 11) is 2.18. The summed E-state index contributed by atoms with van der Waals surface area (Å²) in [5, 5.41) is 0. The summed E-state index contributed by atoms with van der Waals surface area (Å²) in [5.74, 6) is 1.79. The average Bonchev–Trinajstić information content (AvgIpc) is 3.10. The molecule has 2 aliphatic heterocycles. The van der Waals surface area contributed by atoms with Crippen LogP contribution in [0.15, 0.2) is 30.4 Å². The van der Waals surface area contributed by atoms with Crippen LogP contribution in [0.4, 0.5) is 0 Å². The van der Waals surface area contributed by atoms with Crippen molar-refractivity contribution in [3.63, 3.8) is 0 Å². The molecule has 1 aromatic rings. The topological polar surface area (TPSA) is 38.8 Å². The van der Waals surface area contributed by atoms with Gasteiger partial charge >= 0.3 is 0 Å². The lowest BCUT2D eigenvalue weighted by Gasteiger charge is -2.32. The molecule has 0 saturated heterocycles. The van der Waals surface area contributed by atoms with E-state index in [2.05, 4.69) is 30.2 Å². The molecular formula is C18H18ClNO3. The molecule has 1 aromatic carbocycles. The quantitative estimate of drug-likeness (QED) is 0.732. The molecule has 120 valence electrons. The lowest BCUT2D eigenvalue weighted by Crippen LogP contribution is -2.31. The predicted molar refractivity (Wildman–Crippen MR) is 88.5 cm³/mol. The maximum absolute atomic E-state index is 11.6. The highest BCUT2D eigenvalue weighted by Crippen LogP contribution is 2.58. The van der Waals surface area contributed by atoms with Crippen molar-refractivity contribution in [2.75, 3.05) is 20.4 Å². The average molecular weight is 332 g/mol. The van der Waals surface area contributed by atoms with E-state index >= 15 is 0 Å². The van der Waals surface area contributed by atoms with Crippen LogP contribution in [0.1, 0.15) is 29.2 Å². The molecule has 4 nitrogen and oxygen atoms in total. The number of fused-ring (bicyclic) bond motifs is 3. The van der Waals surface area contributed by atoms with E-state index in [0.717, 1.165) is 30.9 Å². The van der Waals surface area contributed by atoms with Crippen molar-refractivity contribution in [2.24, 2.45) is 0 Å². The second-order valence-electron chi connectivity index (χ2n) is 6.62. The third-order valence-corrected chi connectivity index (χ3v) is 5.47. The second kappa shape index (κ2) is 4.86. The molecule has 1 spiro atoms. The van der Waals surface area contributed by atoms with E-state index < -0.39 is 0 Å². The Morgan fingerprint density at radius 1 is 1.26 bits per heavy atom. The van der Waals surface area contributed by atoms with Crippen molar-refractivity contribution >= 4 is 18.2 Å². The van der Waals surface area contributed by atoms with Crippen LogP contribution in [0.5, 0.6) is 11.5 Å². The summed E-state index contributed by atoms with van der Waals surface area (Å²) < 4.78 is 11.5. The van der Waals surface area contributed by atoms with E-state index in [9.17, 15) is 4.79 Å². The Morgan fingerprint density at radius 2 is 2.04 bits per heavy atom. The number of hydrogen-bond donors (Lipinski definition) is 0. The number of carbonyl (C=O) groups is 1. The molecule has 2 aliphatic carbocycles. The molecule has 23 heavy (non-hydrogen) atoms. The molecule has 0 amide bonds. The fourth-order valence-electron chi connectivity index (χ4n) is 4.39. The van der Waals surface area contributed by atoms with Crippen LogP contribution < -0.4 is 9.47 Å². The Labute approximate surface area is 141 Å². The number of allylic oxidation sites excluding steroid dienone is 4. The van der Waals surface area contributed by atoms with Crippen LogP contribution in [0, 0.1) is 0 Å². The van der Waals surface area contributed by atoms with Gasteiger partial charge in [0.25, 0.3) is 0 Å². The summed E-state index contributed by atoms with van der Waals surface area (Å²) >= 11 is 0. The Kier molecular flexibility index (Phi) is 3.12. The first-order chi connectivity index (χ1) is 10.7. The van der Waals surface area contributed by atoms with Crippen molar-refractivity contribution in [3.05, 3.63) is 47.1 Å². The standard InChI is InChI=1S/C18H17NO3.ClH/c1-19-7-4-11-8-14-17(22-10-21-14)16-15(11)13(19)9-18(16)5-2-12(20)3-6-18;/h2-3,5-6,8,13H,4,7,9-10H2,1H3;1H/t13-;/m0./s1. The Bertz CT molecular complexity index is 752. The maximum Gasteiger partial charge on any atom is 0.231 e. The third kappa shape index (κ3) is 1.85. The van der Waals surface area contributed by atoms with Gasteiger partial charge in [0.15, 0.2) is 17.3 Å². The number of rotatable bonds is 0. The monoisotopic (exact) mass is 331 g/mol. The van der Waals surface area contributed by atoms with E-state index in [1.54, 1.807) is 12.2 Å². The molecular weight excluding hydrogens is 314 g/mol. The number of ether oxygens (including phenoxy) is 2.